The van der Waals surface area contributed by atoms with Gasteiger partial charge in [-0.3, -0.25) is 0 Å². The van der Waals surface area contributed by atoms with Crippen molar-refractivity contribution in [2.24, 2.45) is 0 Å². The topological polar surface area (TPSA) is 15.3 Å². The maximum absolute atomic E-state index is 3.53. The lowest BCUT2D eigenvalue weighted by atomic mass is 10.1. The second-order valence-corrected chi connectivity index (χ2v) is 6.81. The normalized spacial score (nSPS) is 11.5. The first kappa shape index (κ1) is 17.7. The van der Waals surface area contributed by atoms with Crippen molar-refractivity contribution in [3.8, 4) is 0 Å². The fourth-order valence-corrected chi connectivity index (χ4v) is 2.72. The molecule has 0 heterocycles. The highest BCUT2D eigenvalue weighted by molar-refractivity contribution is 9.10. The van der Waals surface area contributed by atoms with Crippen LogP contribution in [0.4, 0.5) is 0 Å². The highest BCUT2D eigenvalue weighted by atomic mass is 79.9. The Balaban J connectivity index is 2.04. The van der Waals surface area contributed by atoms with Crippen LogP contribution in [0.2, 0.25) is 0 Å². The number of rotatable bonds is 10. The Labute approximate surface area is 133 Å². The van der Waals surface area contributed by atoms with Gasteiger partial charge in [-0.05, 0) is 50.7 Å². The molecule has 1 N–H and O–H groups in total. The van der Waals surface area contributed by atoms with E-state index < -0.39 is 0 Å². The average molecular weight is 341 g/mol. The Morgan fingerprint density at radius 2 is 1.90 bits per heavy atom. The lowest BCUT2D eigenvalue weighted by Crippen LogP contribution is -2.23. The molecule has 1 rings (SSSR count). The Hall–Kier alpha value is -0.380. The van der Waals surface area contributed by atoms with Gasteiger partial charge in [-0.15, -0.1) is 0 Å². The first-order valence-corrected chi connectivity index (χ1v) is 8.53. The largest absolute Gasteiger partial charge is 0.315 e. The molecule has 0 amide bonds. The molecular weight excluding hydrogens is 312 g/mol. The van der Waals surface area contributed by atoms with Gasteiger partial charge >= 0.3 is 0 Å². The number of nitrogens with one attached hydrogen (secondary N) is 1. The summed E-state index contributed by atoms with van der Waals surface area (Å²) in [6.45, 7) is 7.79. The summed E-state index contributed by atoms with van der Waals surface area (Å²) in [4.78, 5) is 2.41. The molecule has 2 nitrogen and oxygen atoms in total. The Morgan fingerprint density at radius 1 is 1.15 bits per heavy atom. The van der Waals surface area contributed by atoms with Crippen molar-refractivity contribution < 1.29 is 0 Å². The van der Waals surface area contributed by atoms with Crippen LogP contribution in [-0.4, -0.2) is 31.1 Å². The lowest BCUT2D eigenvalue weighted by molar-refractivity contribution is 0.316. The van der Waals surface area contributed by atoms with Gasteiger partial charge in [0.15, 0.2) is 0 Å². The predicted molar refractivity (Wildman–Crippen MR) is 92.1 cm³/mol. The molecule has 0 bridgehead atoms. The highest BCUT2D eigenvalue weighted by Gasteiger charge is 2.01. The number of benzene rings is 1. The van der Waals surface area contributed by atoms with Crippen molar-refractivity contribution in [1.29, 1.82) is 0 Å². The molecule has 0 saturated carbocycles. The van der Waals surface area contributed by atoms with Crippen LogP contribution in [0.1, 0.15) is 45.1 Å². The second kappa shape index (κ2) is 10.4. The molecule has 0 fully saturated rings. The zero-order valence-corrected chi connectivity index (χ0v) is 14.7. The third-order valence-corrected chi connectivity index (χ3v) is 3.85. The van der Waals surface area contributed by atoms with Gasteiger partial charge in [0.1, 0.15) is 0 Å². The second-order valence-electron chi connectivity index (χ2n) is 5.89. The smallest absolute Gasteiger partial charge is 0.0231 e. The number of unbranched alkanes of at least 4 members (excludes halogenated alkanes) is 3. The van der Waals surface area contributed by atoms with Crippen LogP contribution >= 0.6 is 15.9 Å². The quantitative estimate of drug-likeness (QED) is 0.633. The first-order valence-electron chi connectivity index (χ1n) is 7.74. The summed E-state index contributed by atoms with van der Waals surface area (Å²) in [5.74, 6) is 0. The molecule has 0 aliphatic rings. The van der Waals surface area contributed by atoms with Gasteiger partial charge in [0, 0.05) is 17.1 Å². The molecular formula is C17H29BrN2. The number of nitrogens with zero attached hydrogens (tertiary/aromatic N) is 1. The molecule has 1 aromatic rings. The van der Waals surface area contributed by atoms with Gasteiger partial charge in [0.2, 0.25) is 0 Å². The van der Waals surface area contributed by atoms with Crippen molar-refractivity contribution in [3.63, 3.8) is 0 Å². The monoisotopic (exact) mass is 340 g/mol. The fourth-order valence-electron chi connectivity index (χ4n) is 2.28. The van der Waals surface area contributed by atoms with E-state index in [1.54, 1.807) is 0 Å². The summed E-state index contributed by atoms with van der Waals surface area (Å²) in [6, 6.07) is 9.20. The Morgan fingerprint density at radius 3 is 2.60 bits per heavy atom. The minimum atomic E-state index is 0.617. The van der Waals surface area contributed by atoms with Crippen LogP contribution < -0.4 is 5.32 Å². The molecule has 0 atom stereocenters. The molecule has 20 heavy (non-hydrogen) atoms. The maximum atomic E-state index is 3.53. The molecule has 0 saturated heterocycles. The molecule has 0 aromatic heterocycles. The van der Waals surface area contributed by atoms with Gasteiger partial charge in [-0.25, -0.2) is 0 Å². The number of halogens is 1. The van der Waals surface area contributed by atoms with E-state index in [-0.39, 0.29) is 0 Å². The maximum Gasteiger partial charge on any atom is 0.0231 e. The van der Waals surface area contributed by atoms with Gasteiger partial charge < -0.3 is 10.2 Å². The van der Waals surface area contributed by atoms with Crippen molar-refractivity contribution >= 4 is 15.9 Å². The van der Waals surface area contributed by atoms with Gasteiger partial charge in [0.25, 0.3) is 0 Å². The molecule has 0 aliphatic carbocycles. The van der Waals surface area contributed by atoms with Gasteiger partial charge in [0.05, 0.1) is 0 Å². The van der Waals surface area contributed by atoms with Crippen LogP contribution in [-0.2, 0) is 6.54 Å². The molecule has 0 spiro atoms. The summed E-state index contributed by atoms with van der Waals surface area (Å²) in [6.07, 6.45) is 5.27. The van der Waals surface area contributed by atoms with Crippen LogP contribution in [0.5, 0.6) is 0 Å². The van der Waals surface area contributed by atoms with Crippen LogP contribution in [0.25, 0.3) is 0 Å². The molecule has 1 aromatic carbocycles. The van der Waals surface area contributed by atoms with E-state index in [1.165, 1.54) is 42.3 Å². The van der Waals surface area contributed by atoms with Crippen molar-refractivity contribution in [3.05, 3.63) is 34.3 Å². The van der Waals surface area contributed by atoms with Gasteiger partial charge in [-0.2, -0.15) is 0 Å². The molecule has 0 unspecified atom stereocenters. The van der Waals surface area contributed by atoms with Crippen LogP contribution in [0, 0.1) is 0 Å². The predicted octanol–water partition coefficient (Wildman–Crippen LogP) is 4.44. The van der Waals surface area contributed by atoms with Gasteiger partial charge in [-0.1, -0.05) is 54.8 Å². The minimum Gasteiger partial charge on any atom is -0.315 e. The van der Waals surface area contributed by atoms with Crippen molar-refractivity contribution in [2.45, 2.75) is 52.1 Å². The highest BCUT2D eigenvalue weighted by Crippen LogP contribution is 2.13. The third-order valence-electron chi connectivity index (χ3n) is 3.36. The van der Waals surface area contributed by atoms with E-state index in [0.717, 1.165) is 13.1 Å². The fraction of sp³-hybridized carbons (Fsp3) is 0.647. The minimum absolute atomic E-state index is 0.617. The van der Waals surface area contributed by atoms with Crippen LogP contribution in [0.15, 0.2) is 28.7 Å². The number of hydrogen-bond acceptors (Lipinski definition) is 2. The van der Waals surface area contributed by atoms with E-state index >= 15 is 0 Å². The van der Waals surface area contributed by atoms with E-state index in [2.05, 4.69) is 71.3 Å². The van der Waals surface area contributed by atoms with E-state index in [9.17, 15) is 0 Å². The van der Waals surface area contributed by atoms with Crippen molar-refractivity contribution in [1.82, 2.24) is 10.2 Å². The first-order chi connectivity index (χ1) is 9.58. The Kier molecular flexibility index (Phi) is 9.16. The zero-order valence-electron chi connectivity index (χ0n) is 13.2. The summed E-state index contributed by atoms with van der Waals surface area (Å²) >= 11 is 3.53. The SMILES string of the molecule is CC(C)NCCCCCCN(C)Cc1cccc(Br)c1. The Bertz CT molecular complexity index is 366. The van der Waals surface area contributed by atoms with E-state index in [1.807, 2.05) is 0 Å². The summed E-state index contributed by atoms with van der Waals surface area (Å²) < 4.78 is 1.17. The summed E-state index contributed by atoms with van der Waals surface area (Å²) in [5.41, 5.74) is 1.38. The van der Waals surface area contributed by atoms with Crippen molar-refractivity contribution in [2.75, 3.05) is 20.1 Å². The average Bonchev–Trinajstić information content (AvgIpc) is 2.37. The molecule has 3 heteroatoms. The van der Waals surface area contributed by atoms with Crippen LogP contribution in [0.3, 0.4) is 0 Å². The molecule has 114 valence electrons. The summed E-state index contributed by atoms with van der Waals surface area (Å²) in [5, 5.41) is 3.47. The molecule has 0 radical (unpaired) electrons. The summed E-state index contributed by atoms with van der Waals surface area (Å²) in [7, 11) is 2.21. The zero-order chi connectivity index (χ0) is 14.8. The third kappa shape index (κ3) is 8.72. The van der Waals surface area contributed by atoms with E-state index in [0.29, 0.717) is 6.04 Å². The number of hydrogen-bond donors (Lipinski definition) is 1. The van der Waals surface area contributed by atoms with E-state index in [4.69, 9.17) is 0 Å². The standard InChI is InChI=1S/C17H29BrN2/c1-15(2)19-11-6-4-5-7-12-20(3)14-16-9-8-10-17(18)13-16/h8-10,13,15,19H,4-7,11-12,14H2,1-3H3. The lowest BCUT2D eigenvalue weighted by Gasteiger charge is -2.16. The molecule has 0 aliphatic heterocycles.